The van der Waals surface area contributed by atoms with Gasteiger partial charge in [0, 0.05) is 11.6 Å². The molecule has 2 aromatic rings. The molecule has 0 radical (unpaired) electrons. The fourth-order valence-corrected chi connectivity index (χ4v) is 2.32. The molecule has 0 aliphatic rings. The van der Waals surface area contributed by atoms with Crippen LogP contribution in [0.5, 0.6) is 5.75 Å². The number of benzene rings is 2. The minimum absolute atomic E-state index is 0. The van der Waals surface area contributed by atoms with E-state index in [-0.39, 0.29) is 18.4 Å². The zero-order chi connectivity index (χ0) is 13.0. The van der Waals surface area contributed by atoms with Crippen LogP contribution in [0.2, 0.25) is 0 Å². The molecule has 0 bridgehead atoms. The zero-order valence-electron chi connectivity index (χ0n) is 11.1. The number of nitrogens with two attached hydrogens (primary N) is 2. The van der Waals surface area contributed by atoms with Gasteiger partial charge in [-0.2, -0.15) is 0 Å². The Balaban J connectivity index is 0.00000180. The summed E-state index contributed by atoms with van der Waals surface area (Å²) in [5, 5.41) is 2.36. The van der Waals surface area contributed by atoms with Gasteiger partial charge in [0.15, 0.2) is 0 Å². The molecule has 0 aromatic heterocycles. The summed E-state index contributed by atoms with van der Waals surface area (Å²) in [7, 11) is 1.68. The Kier molecular flexibility index (Phi) is 6.09. The third-order valence-electron chi connectivity index (χ3n) is 3.24. The molecule has 104 valence electrons. The molecule has 0 heterocycles. The predicted molar refractivity (Wildman–Crippen MR) is 83.0 cm³/mol. The molecule has 2 rings (SSSR count). The minimum atomic E-state index is -0.0328. The van der Waals surface area contributed by atoms with Gasteiger partial charge in [0.2, 0.25) is 0 Å². The van der Waals surface area contributed by atoms with Crippen molar-refractivity contribution in [2.45, 2.75) is 18.9 Å². The SMILES string of the molecule is COc1ccc2ccccc2c1[C@@H](N)CCCN.Cl. The van der Waals surface area contributed by atoms with Gasteiger partial charge in [0.05, 0.1) is 7.11 Å². The molecule has 0 saturated carbocycles. The standard InChI is InChI=1S/C15H20N2O.ClH/c1-18-14-9-8-11-5-2-3-6-12(11)15(14)13(17)7-4-10-16;/h2-3,5-6,8-9,13H,4,7,10,16-17H2,1H3;1H/t13-;/m0./s1. The summed E-state index contributed by atoms with van der Waals surface area (Å²) in [5.41, 5.74) is 12.9. The second-order valence-corrected chi connectivity index (χ2v) is 4.44. The van der Waals surface area contributed by atoms with Crippen molar-refractivity contribution in [3.8, 4) is 5.75 Å². The first-order chi connectivity index (χ1) is 8.77. The highest BCUT2D eigenvalue weighted by Crippen LogP contribution is 2.33. The predicted octanol–water partition coefficient (Wildman–Crippen LogP) is 3.01. The monoisotopic (exact) mass is 280 g/mol. The van der Waals surface area contributed by atoms with Crippen molar-refractivity contribution in [3.05, 3.63) is 42.0 Å². The summed E-state index contributed by atoms with van der Waals surface area (Å²) in [6.07, 6.45) is 1.80. The molecule has 0 fully saturated rings. The maximum absolute atomic E-state index is 6.29. The van der Waals surface area contributed by atoms with Crippen LogP contribution in [0.25, 0.3) is 10.8 Å². The molecule has 3 nitrogen and oxygen atoms in total. The van der Waals surface area contributed by atoms with E-state index in [0.717, 1.165) is 24.2 Å². The molecule has 0 aliphatic heterocycles. The van der Waals surface area contributed by atoms with Crippen LogP contribution in [0.15, 0.2) is 36.4 Å². The molecule has 1 atom stereocenters. The van der Waals surface area contributed by atoms with Gasteiger partial charge < -0.3 is 16.2 Å². The van der Waals surface area contributed by atoms with E-state index in [1.165, 1.54) is 10.8 Å². The van der Waals surface area contributed by atoms with E-state index in [1.807, 2.05) is 18.2 Å². The Morgan fingerprint density at radius 2 is 1.89 bits per heavy atom. The smallest absolute Gasteiger partial charge is 0.124 e. The lowest BCUT2D eigenvalue weighted by Gasteiger charge is -2.18. The summed E-state index contributed by atoms with van der Waals surface area (Å²) in [6, 6.07) is 12.3. The van der Waals surface area contributed by atoms with Crippen LogP contribution in [0.3, 0.4) is 0 Å². The number of hydrogen-bond donors (Lipinski definition) is 2. The average molecular weight is 281 g/mol. The van der Waals surface area contributed by atoms with Gasteiger partial charge >= 0.3 is 0 Å². The summed E-state index contributed by atoms with van der Waals surface area (Å²) < 4.78 is 5.44. The number of methoxy groups -OCH3 is 1. The van der Waals surface area contributed by atoms with Crippen LogP contribution in [0.4, 0.5) is 0 Å². The van der Waals surface area contributed by atoms with Crippen LogP contribution in [-0.4, -0.2) is 13.7 Å². The van der Waals surface area contributed by atoms with Crippen LogP contribution in [0.1, 0.15) is 24.4 Å². The number of ether oxygens (including phenoxy) is 1. The normalized spacial score (nSPS) is 11.9. The number of halogens is 1. The molecule has 0 saturated heterocycles. The number of fused-ring (bicyclic) bond motifs is 1. The Labute approximate surface area is 120 Å². The number of rotatable bonds is 5. The lowest BCUT2D eigenvalue weighted by molar-refractivity contribution is 0.405. The first kappa shape index (κ1) is 15.8. The summed E-state index contributed by atoms with van der Waals surface area (Å²) in [6.45, 7) is 0.667. The van der Waals surface area contributed by atoms with Gasteiger partial charge in [-0.25, -0.2) is 0 Å². The third-order valence-corrected chi connectivity index (χ3v) is 3.24. The van der Waals surface area contributed by atoms with Crippen molar-refractivity contribution in [2.24, 2.45) is 11.5 Å². The fourth-order valence-electron chi connectivity index (χ4n) is 2.32. The van der Waals surface area contributed by atoms with Gasteiger partial charge in [-0.15, -0.1) is 12.4 Å². The minimum Gasteiger partial charge on any atom is -0.496 e. The van der Waals surface area contributed by atoms with Crippen molar-refractivity contribution >= 4 is 23.2 Å². The van der Waals surface area contributed by atoms with E-state index < -0.39 is 0 Å². The molecular weight excluding hydrogens is 260 g/mol. The molecule has 0 spiro atoms. The topological polar surface area (TPSA) is 61.3 Å². The quantitative estimate of drug-likeness (QED) is 0.885. The maximum atomic E-state index is 6.29. The summed E-state index contributed by atoms with van der Waals surface area (Å²) in [5.74, 6) is 0.859. The first-order valence-electron chi connectivity index (χ1n) is 6.29. The maximum Gasteiger partial charge on any atom is 0.124 e. The zero-order valence-corrected chi connectivity index (χ0v) is 12.0. The molecule has 19 heavy (non-hydrogen) atoms. The molecule has 4 N–H and O–H groups in total. The second kappa shape index (κ2) is 7.34. The van der Waals surface area contributed by atoms with Gasteiger partial charge in [-0.05, 0) is 36.2 Å². The van der Waals surface area contributed by atoms with Gasteiger partial charge in [0.1, 0.15) is 5.75 Å². The van der Waals surface area contributed by atoms with Gasteiger partial charge in [-0.1, -0.05) is 30.3 Å². The highest BCUT2D eigenvalue weighted by atomic mass is 35.5. The van der Waals surface area contributed by atoms with Crippen LogP contribution in [-0.2, 0) is 0 Å². The lowest BCUT2D eigenvalue weighted by Crippen LogP contribution is -2.14. The van der Waals surface area contributed by atoms with Crippen molar-refractivity contribution in [1.29, 1.82) is 0 Å². The van der Waals surface area contributed by atoms with Crippen molar-refractivity contribution in [3.63, 3.8) is 0 Å². The highest BCUT2D eigenvalue weighted by molar-refractivity contribution is 5.88. The average Bonchev–Trinajstić information content (AvgIpc) is 2.43. The van der Waals surface area contributed by atoms with E-state index in [1.54, 1.807) is 7.11 Å². The Bertz CT molecular complexity index is 531. The van der Waals surface area contributed by atoms with Crippen LogP contribution < -0.4 is 16.2 Å². The number of hydrogen-bond acceptors (Lipinski definition) is 3. The lowest BCUT2D eigenvalue weighted by atomic mass is 9.95. The summed E-state index contributed by atoms with van der Waals surface area (Å²) in [4.78, 5) is 0. The third kappa shape index (κ3) is 3.38. The molecule has 4 heteroatoms. The Morgan fingerprint density at radius 1 is 1.16 bits per heavy atom. The fraction of sp³-hybridized carbons (Fsp3) is 0.333. The Hall–Kier alpha value is -1.29. The first-order valence-corrected chi connectivity index (χ1v) is 6.29. The molecule has 2 aromatic carbocycles. The van der Waals surface area contributed by atoms with E-state index in [0.29, 0.717) is 6.54 Å². The largest absolute Gasteiger partial charge is 0.496 e. The van der Waals surface area contributed by atoms with E-state index >= 15 is 0 Å². The van der Waals surface area contributed by atoms with E-state index in [9.17, 15) is 0 Å². The molecule has 0 amide bonds. The second-order valence-electron chi connectivity index (χ2n) is 4.44. The molecule has 0 unspecified atom stereocenters. The van der Waals surface area contributed by atoms with E-state index in [2.05, 4.69) is 18.2 Å². The van der Waals surface area contributed by atoms with Gasteiger partial charge in [-0.3, -0.25) is 0 Å². The van der Waals surface area contributed by atoms with Crippen molar-refractivity contribution < 1.29 is 4.74 Å². The van der Waals surface area contributed by atoms with Crippen molar-refractivity contribution in [1.82, 2.24) is 0 Å². The van der Waals surface area contributed by atoms with E-state index in [4.69, 9.17) is 16.2 Å². The van der Waals surface area contributed by atoms with Crippen LogP contribution in [0, 0.1) is 0 Å². The molecular formula is C15H21ClN2O. The van der Waals surface area contributed by atoms with Gasteiger partial charge in [0.25, 0.3) is 0 Å². The molecule has 0 aliphatic carbocycles. The van der Waals surface area contributed by atoms with Crippen molar-refractivity contribution in [2.75, 3.05) is 13.7 Å². The van der Waals surface area contributed by atoms with Crippen LogP contribution >= 0.6 is 12.4 Å². The Morgan fingerprint density at radius 3 is 2.58 bits per heavy atom. The summed E-state index contributed by atoms with van der Waals surface area (Å²) >= 11 is 0. The highest BCUT2D eigenvalue weighted by Gasteiger charge is 2.15.